The fourth-order valence-corrected chi connectivity index (χ4v) is 4.65. The van der Waals surface area contributed by atoms with Crippen molar-refractivity contribution in [2.24, 2.45) is 0 Å². The highest BCUT2D eigenvalue weighted by Gasteiger charge is 2.20. The number of hydrogen-bond donors (Lipinski definition) is 0. The van der Waals surface area contributed by atoms with Gasteiger partial charge in [0.2, 0.25) is 17.1 Å². The molecule has 0 N–H and O–H groups in total. The van der Waals surface area contributed by atoms with Crippen LogP contribution in [0.15, 0.2) is 45.8 Å². The molecule has 8 nitrogen and oxygen atoms in total. The Labute approximate surface area is 232 Å². The first kappa shape index (κ1) is 30.4. The third kappa shape index (κ3) is 10.2. The van der Waals surface area contributed by atoms with Gasteiger partial charge in [-0.15, -0.1) is 0 Å². The quantitative estimate of drug-likeness (QED) is 0.274. The van der Waals surface area contributed by atoms with Crippen LogP contribution in [0.25, 0.3) is 0 Å². The van der Waals surface area contributed by atoms with Crippen LogP contribution >= 0.6 is 0 Å². The first-order chi connectivity index (χ1) is 18.7. The maximum atomic E-state index is 12.7. The molecule has 1 aromatic heterocycles. The Hall–Kier alpha value is -3.13. The fourth-order valence-electron chi connectivity index (χ4n) is 4.65. The molecule has 0 bridgehead atoms. The zero-order valence-corrected chi connectivity index (χ0v) is 24.0. The fraction of sp³-hybridized carbons (Fsp3) is 0.581. The van der Waals surface area contributed by atoms with Crippen molar-refractivity contribution in [1.82, 2.24) is 9.80 Å². The predicted molar refractivity (Wildman–Crippen MR) is 151 cm³/mol. The van der Waals surface area contributed by atoms with E-state index in [9.17, 15) is 14.4 Å². The lowest BCUT2D eigenvalue weighted by Crippen LogP contribution is -2.35. The highest BCUT2D eigenvalue weighted by atomic mass is 16.5. The van der Waals surface area contributed by atoms with Crippen LogP contribution in [0.5, 0.6) is 5.75 Å². The predicted octanol–water partition coefficient (Wildman–Crippen LogP) is 5.06. The molecule has 39 heavy (non-hydrogen) atoms. The smallest absolute Gasteiger partial charge is 0.305 e. The Kier molecular flexibility index (Phi) is 11.6. The molecule has 8 heteroatoms. The number of benzene rings is 1. The van der Waals surface area contributed by atoms with E-state index in [1.807, 2.05) is 17.0 Å². The average molecular weight is 541 g/mol. The van der Waals surface area contributed by atoms with Gasteiger partial charge in [-0.25, -0.2) is 0 Å². The first-order valence-electron chi connectivity index (χ1n) is 14.1. The monoisotopic (exact) mass is 540 g/mol. The molecule has 0 radical (unpaired) electrons. The molecule has 2 heterocycles. The summed E-state index contributed by atoms with van der Waals surface area (Å²) in [5, 5.41) is 0. The summed E-state index contributed by atoms with van der Waals surface area (Å²) < 4.78 is 16.1. The highest BCUT2D eigenvalue weighted by molar-refractivity contribution is 5.76. The molecule has 1 aromatic carbocycles. The minimum Gasteiger partial charge on any atom is -0.482 e. The van der Waals surface area contributed by atoms with Crippen LogP contribution in [0.2, 0.25) is 0 Å². The number of ether oxygens (including phenoxy) is 2. The van der Waals surface area contributed by atoms with Crippen LogP contribution in [-0.2, 0) is 32.9 Å². The number of unbranched alkanes of at least 4 members (excludes halogenated alkanes) is 3. The second-order valence-corrected chi connectivity index (χ2v) is 11.3. The van der Waals surface area contributed by atoms with Gasteiger partial charge in [0.25, 0.3) is 0 Å². The zero-order chi connectivity index (χ0) is 28.3. The van der Waals surface area contributed by atoms with Gasteiger partial charge >= 0.3 is 5.97 Å². The van der Waals surface area contributed by atoms with Crippen LogP contribution < -0.4 is 10.2 Å². The topological polar surface area (TPSA) is 89.3 Å². The molecule has 1 fully saturated rings. The summed E-state index contributed by atoms with van der Waals surface area (Å²) in [6, 6.07) is 9.74. The Bertz CT molecular complexity index is 1120. The molecule has 2 aromatic rings. The third-order valence-electron chi connectivity index (χ3n) is 7.14. The molecule has 0 saturated carbocycles. The Morgan fingerprint density at radius 2 is 1.67 bits per heavy atom. The number of methoxy groups -OCH3 is 1. The summed E-state index contributed by atoms with van der Waals surface area (Å²) in [5.41, 5.74) is 2.14. The van der Waals surface area contributed by atoms with E-state index in [0.717, 1.165) is 57.3 Å². The number of nitrogens with zero attached hydrogens (tertiary/aromatic N) is 2. The van der Waals surface area contributed by atoms with E-state index in [1.165, 1.54) is 25.0 Å². The molecule has 1 aliphatic heterocycles. The lowest BCUT2D eigenvalue weighted by molar-refractivity contribution is -0.140. The number of amides is 1. The summed E-state index contributed by atoms with van der Waals surface area (Å²) >= 11 is 0. The van der Waals surface area contributed by atoms with Gasteiger partial charge in [-0.3, -0.25) is 19.3 Å². The van der Waals surface area contributed by atoms with E-state index < -0.39 is 0 Å². The molecule has 1 amide bonds. The average Bonchev–Trinajstić information content (AvgIpc) is 3.15. The number of rotatable bonds is 12. The normalized spacial score (nSPS) is 14.6. The van der Waals surface area contributed by atoms with Crippen molar-refractivity contribution in [1.29, 1.82) is 0 Å². The van der Waals surface area contributed by atoms with Gasteiger partial charge in [0.1, 0.15) is 18.6 Å². The standard InChI is InChI=1S/C31H44N2O6/c1-31(2,3)25-14-12-24(13-15-25)22-39-28-23-38-26(20-27(28)34)21-32-16-9-17-33(19-18-32)29(35)10-7-5-6-8-11-30(36)37-4/h12-15,20,23H,5-11,16-19,21-22H2,1-4H3. The minimum atomic E-state index is -0.194. The Morgan fingerprint density at radius 3 is 2.33 bits per heavy atom. The molecular formula is C31H44N2O6. The van der Waals surface area contributed by atoms with Gasteiger partial charge in [0, 0.05) is 45.1 Å². The number of carbonyl (C=O) groups is 2. The maximum Gasteiger partial charge on any atom is 0.305 e. The number of esters is 1. The molecule has 1 aliphatic rings. The molecular weight excluding hydrogens is 496 g/mol. The van der Waals surface area contributed by atoms with Gasteiger partial charge in [-0.1, -0.05) is 57.9 Å². The van der Waals surface area contributed by atoms with E-state index >= 15 is 0 Å². The molecule has 0 aliphatic carbocycles. The minimum absolute atomic E-state index is 0.0892. The van der Waals surface area contributed by atoms with Gasteiger partial charge in [0.15, 0.2) is 0 Å². The van der Waals surface area contributed by atoms with Gasteiger partial charge < -0.3 is 18.8 Å². The second kappa shape index (κ2) is 14.9. The van der Waals surface area contributed by atoms with Gasteiger partial charge in [-0.05, 0) is 35.8 Å². The van der Waals surface area contributed by atoms with Crippen molar-refractivity contribution in [3.8, 4) is 5.75 Å². The molecule has 0 unspecified atom stereocenters. The van der Waals surface area contributed by atoms with E-state index in [4.69, 9.17) is 9.15 Å². The maximum absolute atomic E-state index is 12.7. The lowest BCUT2D eigenvalue weighted by atomic mass is 9.87. The number of carbonyl (C=O) groups excluding carboxylic acids is 2. The van der Waals surface area contributed by atoms with Crippen molar-refractivity contribution in [3.63, 3.8) is 0 Å². The van der Waals surface area contributed by atoms with E-state index in [0.29, 0.717) is 38.3 Å². The Morgan fingerprint density at radius 1 is 0.949 bits per heavy atom. The summed E-state index contributed by atoms with van der Waals surface area (Å²) in [6.45, 7) is 10.3. The van der Waals surface area contributed by atoms with Crippen LogP contribution in [0.1, 0.15) is 82.6 Å². The molecule has 1 saturated heterocycles. The summed E-state index contributed by atoms with van der Waals surface area (Å²) in [6.07, 6.45) is 6.75. The Balaban J connectivity index is 1.40. The third-order valence-corrected chi connectivity index (χ3v) is 7.14. The van der Waals surface area contributed by atoms with E-state index in [2.05, 4.69) is 42.5 Å². The van der Waals surface area contributed by atoms with Crippen molar-refractivity contribution in [3.05, 3.63) is 63.7 Å². The summed E-state index contributed by atoms with van der Waals surface area (Å²) in [4.78, 5) is 40.6. The van der Waals surface area contributed by atoms with Crippen LogP contribution in [-0.4, -0.2) is 55.0 Å². The van der Waals surface area contributed by atoms with E-state index in [-0.39, 0.29) is 28.5 Å². The van der Waals surface area contributed by atoms with Crippen molar-refractivity contribution >= 4 is 11.9 Å². The van der Waals surface area contributed by atoms with E-state index in [1.54, 1.807) is 0 Å². The summed E-state index contributed by atoms with van der Waals surface area (Å²) in [5.74, 6) is 0.803. The van der Waals surface area contributed by atoms with Crippen molar-refractivity contribution < 1.29 is 23.5 Å². The molecule has 0 atom stereocenters. The van der Waals surface area contributed by atoms with Crippen LogP contribution in [0.3, 0.4) is 0 Å². The van der Waals surface area contributed by atoms with Crippen molar-refractivity contribution in [2.45, 2.75) is 84.3 Å². The van der Waals surface area contributed by atoms with Gasteiger partial charge in [-0.2, -0.15) is 0 Å². The van der Waals surface area contributed by atoms with Crippen molar-refractivity contribution in [2.75, 3.05) is 33.3 Å². The molecule has 3 rings (SSSR count). The largest absolute Gasteiger partial charge is 0.482 e. The zero-order valence-electron chi connectivity index (χ0n) is 24.0. The highest BCUT2D eigenvalue weighted by Crippen LogP contribution is 2.22. The SMILES string of the molecule is COC(=O)CCCCCCC(=O)N1CCCN(Cc2cc(=O)c(OCc3ccc(C(C)(C)C)cc3)co2)CC1. The van der Waals surface area contributed by atoms with Crippen LogP contribution in [0.4, 0.5) is 0 Å². The number of hydrogen-bond acceptors (Lipinski definition) is 7. The molecule has 214 valence electrons. The lowest BCUT2D eigenvalue weighted by Gasteiger charge is -2.21. The van der Waals surface area contributed by atoms with Gasteiger partial charge in [0.05, 0.1) is 13.7 Å². The van der Waals surface area contributed by atoms with Crippen LogP contribution in [0, 0.1) is 0 Å². The summed E-state index contributed by atoms with van der Waals surface area (Å²) in [7, 11) is 1.40. The molecule has 0 spiro atoms. The first-order valence-corrected chi connectivity index (χ1v) is 14.1. The second-order valence-electron chi connectivity index (χ2n) is 11.3.